The Balaban J connectivity index is 2.53. The highest BCUT2D eigenvalue weighted by atomic mass is 79.9. The molecule has 7 heteroatoms. The van der Waals surface area contributed by atoms with E-state index in [-0.39, 0.29) is 11.3 Å². The van der Waals surface area contributed by atoms with Crippen molar-refractivity contribution >= 4 is 27.5 Å². The molecule has 0 saturated carbocycles. The third kappa shape index (κ3) is 2.10. The lowest BCUT2D eigenvalue weighted by atomic mass is 10.4. The maximum atomic E-state index is 5.70. The van der Waals surface area contributed by atoms with Crippen molar-refractivity contribution in [3.8, 4) is 17.6 Å². The normalized spacial score (nSPS) is 10.3. The van der Waals surface area contributed by atoms with Gasteiger partial charge in [0.05, 0.1) is 17.8 Å². The van der Waals surface area contributed by atoms with Gasteiger partial charge in [0.1, 0.15) is 0 Å². The van der Waals surface area contributed by atoms with Gasteiger partial charge in [-0.1, -0.05) is 0 Å². The van der Waals surface area contributed by atoms with E-state index >= 15 is 0 Å². The van der Waals surface area contributed by atoms with Gasteiger partial charge in [-0.2, -0.15) is 15.0 Å². The number of methoxy groups -OCH3 is 1. The fourth-order valence-corrected chi connectivity index (χ4v) is 1.51. The Hall–Kier alpha value is -1.14. The Labute approximate surface area is 98.6 Å². The van der Waals surface area contributed by atoms with Gasteiger partial charge in [-0.15, -0.1) is 0 Å². The first-order valence-corrected chi connectivity index (χ1v) is 5.06. The summed E-state index contributed by atoms with van der Waals surface area (Å²) >= 11 is 8.99. The fraction of sp³-hybridized carbons (Fsp3) is 0.125. The van der Waals surface area contributed by atoms with E-state index in [1.807, 2.05) is 0 Å². The minimum absolute atomic E-state index is 0.0557. The monoisotopic (exact) mass is 289 g/mol. The molecule has 2 rings (SSSR count). The van der Waals surface area contributed by atoms with Gasteiger partial charge in [-0.05, 0) is 33.6 Å². The summed E-state index contributed by atoms with van der Waals surface area (Å²) in [6.07, 6.45) is 1.52. The molecule has 0 aromatic carbocycles. The average Bonchev–Trinajstić information content (AvgIpc) is 2.63. The maximum Gasteiger partial charge on any atom is 0.321 e. The van der Waals surface area contributed by atoms with Gasteiger partial charge in [0.15, 0.2) is 5.76 Å². The van der Waals surface area contributed by atoms with Crippen LogP contribution < -0.4 is 4.74 Å². The van der Waals surface area contributed by atoms with Crippen LogP contribution in [0.25, 0.3) is 11.6 Å². The summed E-state index contributed by atoms with van der Waals surface area (Å²) in [5.74, 6) is 0.807. The number of halogens is 2. The quantitative estimate of drug-likeness (QED) is 0.850. The Bertz CT molecular complexity index is 488. The molecule has 0 aliphatic rings. The van der Waals surface area contributed by atoms with E-state index in [0.29, 0.717) is 11.6 Å². The highest BCUT2D eigenvalue weighted by molar-refractivity contribution is 9.10. The molecule has 0 spiro atoms. The van der Waals surface area contributed by atoms with Crippen molar-refractivity contribution in [2.75, 3.05) is 7.11 Å². The maximum absolute atomic E-state index is 5.70. The average molecular weight is 291 g/mol. The first-order chi connectivity index (χ1) is 7.20. The number of hydrogen-bond acceptors (Lipinski definition) is 5. The van der Waals surface area contributed by atoms with Crippen molar-refractivity contribution < 1.29 is 9.15 Å². The first-order valence-electron chi connectivity index (χ1n) is 3.89. The second-order valence-electron chi connectivity index (χ2n) is 2.51. The zero-order valence-corrected chi connectivity index (χ0v) is 9.91. The molecule has 15 heavy (non-hydrogen) atoms. The molecule has 0 amide bonds. The molecule has 2 heterocycles. The van der Waals surface area contributed by atoms with Crippen molar-refractivity contribution in [2.24, 2.45) is 0 Å². The van der Waals surface area contributed by atoms with Crippen LogP contribution in [0.3, 0.4) is 0 Å². The summed E-state index contributed by atoms with van der Waals surface area (Å²) in [7, 11) is 1.45. The second-order valence-corrected chi connectivity index (χ2v) is 3.70. The van der Waals surface area contributed by atoms with E-state index in [4.69, 9.17) is 20.8 Å². The molecule has 0 radical (unpaired) electrons. The molecule has 78 valence electrons. The van der Waals surface area contributed by atoms with Gasteiger partial charge in [-0.25, -0.2) is 0 Å². The SMILES string of the molecule is COc1nc(Cl)nc(-c2occc2Br)n1. The van der Waals surface area contributed by atoms with Crippen LogP contribution in [0.4, 0.5) is 0 Å². The fourth-order valence-electron chi connectivity index (χ4n) is 0.978. The molecular formula is C8H5BrClN3O2. The van der Waals surface area contributed by atoms with Gasteiger partial charge in [0.25, 0.3) is 0 Å². The molecule has 5 nitrogen and oxygen atoms in total. The molecule has 2 aromatic rings. The lowest BCUT2D eigenvalue weighted by molar-refractivity contribution is 0.378. The number of nitrogens with zero attached hydrogens (tertiary/aromatic N) is 3. The van der Waals surface area contributed by atoms with Crippen LogP contribution in [0.2, 0.25) is 5.28 Å². The van der Waals surface area contributed by atoms with E-state index in [1.54, 1.807) is 6.07 Å². The summed E-state index contributed by atoms with van der Waals surface area (Å²) in [6.45, 7) is 0. The summed E-state index contributed by atoms with van der Waals surface area (Å²) in [5, 5.41) is 0.0557. The van der Waals surface area contributed by atoms with E-state index in [9.17, 15) is 0 Å². The van der Waals surface area contributed by atoms with Gasteiger partial charge >= 0.3 is 6.01 Å². The van der Waals surface area contributed by atoms with Crippen molar-refractivity contribution in [1.82, 2.24) is 15.0 Å². The second kappa shape index (κ2) is 4.16. The number of ether oxygens (including phenoxy) is 1. The number of aromatic nitrogens is 3. The first kappa shape index (κ1) is 10.4. The molecule has 0 saturated heterocycles. The van der Waals surface area contributed by atoms with Gasteiger partial charge < -0.3 is 9.15 Å². The Morgan fingerprint density at radius 1 is 1.40 bits per heavy atom. The van der Waals surface area contributed by atoms with Crippen LogP contribution in [0.1, 0.15) is 0 Å². The van der Waals surface area contributed by atoms with Gasteiger partial charge in [0, 0.05) is 0 Å². The number of hydrogen-bond donors (Lipinski definition) is 0. The topological polar surface area (TPSA) is 61.0 Å². The number of furan rings is 1. The van der Waals surface area contributed by atoms with Crippen LogP contribution in [0.15, 0.2) is 21.2 Å². The molecule has 0 bridgehead atoms. The number of rotatable bonds is 2. The summed E-state index contributed by atoms with van der Waals surface area (Å²) < 4.78 is 10.8. The summed E-state index contributed by atoms with van der Waals surface area (Å²) in [4.78, 5) is 11.7. The largest absolute Gasteiger partial charge is 0.467 e. The zero-order chi connectivity index (χ0) is 10.8. The highest BCUT2D eigenvalue weighted by Crippen LogP contribution is 2.27. The zero-order valence-electron chi connectivity index (χ0n) is 7.57. The van der Waals surface area contributed by atoms with E-state index in [2.05, 4.69) is 30.9 Å². The Morgan fingerprint density at radius 3 is 2.80 bits per heavy atom. The Morgan fingerprint density at radius 2 is 2.20 bits per heavy atom. The Kier molecular flexibility index (Phi) is 2.88. The minimum atomic E-state index is 0.0557. The predicted octanol–water partition coefficient (Wildman–Crippen LogP) is 2.56. The molecule has 0 atom stereocenters. The minimum Gasteiger partial charge on any atom is -0.467 e. The van der Waals surface area contributed by atoms with Crippen LogP contribution in [-0.4, -0.2) is 22.1 Å². The molecule has 0 aliphatic carbocycles. The molecule has 0 unspecified atom stereocenters. The predicted molar refractivity (Wildman–Crippen MR) is 56.8 cm³/mol. The molecule has 0 fully saturated rings. The third-order valence-electron chi connectivity index (χ3n) is 1.59. The summed E-state index contributed by atoms with van der Waals surface area (Å²) in [6, 6.07) is 1.88. The lowest BCUT2D eigenvalue weighted by Crippen LogP contribution is -1.97. The van der Waals surface area contributed by atoms with Crippen molar-refractivity contribution in [3.63, 3.8) is 0 Å². The molecular weight excluding hydrogens is 285 g/mol. The lowest BCUT2D eigenvalue weighted by Gasteiger charge is -2.00. The third-order valence-corrected chi connectivity index (χ3v) is 2.38. The van der Waals surface area contributed by atoms with Crippen molar-refractivity contribution in [3.05, 3.63) is 22.1 Å². The van der Waals surface area contributed by atoms with Gasteiger partial charge in [0.2, 0.25) is 11.1 Å². The van der Waals surface area contributed by atoms with Crippen LogP contribution in [0.5, 0.6) is 6.01 Å². The van der Waals surface area contributed by atoms with Crippen LogP contribution in [0, 0.1) is 0 Å². The van der Waals surface area contributed by atoms with Crippen LogP contribution in [-0.2, 0) is 0 Å². The molecule has 0 aliphatic heterocycles. The van der Waals surface area contributed by atoms with Gasteiger partial charge in [-0.3, -0.25) is 0 Å². The molecule has 2 aromatic heterocycles. The van der Waals surface area contributed by atoms with Crippen molar-refractivity contribution in [2.45, 2.75) is 0 Å². The molecule has 0 N–H and O–H groups in total. The summed E-state index contributed by atoms with van der Waals surface area (Å²) in [5.41, 5.74) is 0. The van der Waals surface area contributed by atoms with Crippen molar-refractivity contribution in [1.29, 1.82) is 0 Å². The van der Waals surface area contributed by atoms with E-state index < -0.39 is 0 Å². The highest BCUT2D eigenvalue weighted by Gasteiger charge is 2.13. The smallest absolute Gasteiger partial charge is 0.321 e. The van der Waals surface area contributed by atoms with E-state index in [1.165, 1.54) is 13.4 Å². The van der Waals surface area contributed by atoms with Crippen LogP contribution >= 0.6 is 27.5 Å². The standard InChI is InChI=1S/C8H5BrClN3O2/c1-14-8-12-6(11-7(10)13-8)5-4(9)2-3-15-5/h2-3H,1H3. The van der Waals surface area contributed by atoms with E-state index in [0.717, 1.165) is 4.47 Å².